The van der Waals surface area contributed by atoms with E-state index in [1.807, 2.05) is 18.2 Å². The maximum absolute atomic E-state index is 11.7. The van der Waals surface area contributed by atoms with Crippen LogP contribution in [0.25, 0.3) is 11.2 Å². The second-order valence-electron chi connectivity index (χ2n) is 7.09. The monoisotopic (exact) mass is 571 g/mol. The van der Waals surface area contributed by atoms with Crippen LogP contribution in [0, 0.1) is 3.57 Å². The van der Waals surface area contributed by atoms with Crippen LogP contribution in [0.5, 0.6) is 0 Å². The van der Waals surface area contributed by atoms with Gasteiger partial charge in [0.05, 0.1) is 12.9 Å². The predicted molar refractivity (Wildman–Crippen MR) is 123 cm³/mol. The smallest absolute Gasteiger partial charge is 0.303 e. The maximum Gasteiger partial charge on any atom is 0.303 e. The third-order valence-corrected chi connectivity index (χ3v) is 5.56. The number of hydrogen-bond acceptors (Lipinski definition) is 9. The first-order valence-corrected chi connectivity index (χ1v) is 11.1. The quantitative estimate of drug-likeness (QED) is 0.271. The molecule has 0 amide bonds. The summed E-state index contributed by atoms with van der Waals surface area (Å²) < 4.78 is 19.2. The zero-order valence-electron chi connectivity index (χ0n) is 17.1. The van der Waals surface area contributed by atoms with Gasteiger partial charge in [0.25, 0.3) is 0 Å². The molecule has 0 aliphatic carbocycles. The maximum atomic E-state index is 11.7. The normalized spacial score (nSPS) is 20.3. The summed E-state index contributed by atoms with van der Waals surface area (Å²) in [7, 11) is 0. The van der Waals surface area contributed by atoms with E-state index < -0.39 is 30.4 Å². The highest BCUT2D eigenvalue weighted by atomic mass is 127. The molecule has 0 saturated carbocycles. The molecule has 168 valence electrons. The van der Waals surface area contributed by atoms with Crippen molar-refractivity contribution in [3.05, 3.63) is 45.0 Å². The van der Waals surface area contributed by atoms with Crippen molar-refractivity contribution in [2.75, 3.05) is 11.9 Å². The van der Waals surface area contributed by atoms with E-state index in [-0.39, 0.29) is 11.9 Å². The lowest BCUT2D eigenvalue weighted by Crippen LogP contribution is -2.35. The second-order valence-corrected chi connectivity index (χ2v) is 8.68. The fourth-order valence-corrected chi connectivity index (χ4v) is 4.25. The molecule has 3 atom stereocenters. The first-order valence-electron chi connectivity index (χ1n) is 9.66. The summed E-state index contributed by atoms with van der Waals surface area (Å²) in [4.78, 5) is 36.1. The van der Waals surface area contributed by atoms with E-state index in [1.54, 1.807) is 4.57 Å². The number of ether oxygens (including phenoxy) is 3. The molecule has 0 spiro atoms. The average molecular weight is 572 g/mol. The lowest BCUT2D eigenvalue weighted by molar-refractivity contribution is -0.164. The van der Waals surface area contributed by atoms with Crippen LogP contribution in [0.4, 0.5) is 5.82 Å². The minimum atomic E-state index is -0.870. The van der Waals surface area contributed by atoms with E-state index in [2.05, 4.69) is 48.9 Å². The summed E-state index contributed by atoms with van der Waals surface area (Å²) in [5.74, 6) is -0.574. The van der Waals surface area contributed by atoms with Crippen LogP contribution in [-0.4, -0.2) is 50.3 Å². The Labute approximate surface area is 201 Å². The van der Waals surface area contributed by atoms with Crippen molar-refractivity contribution in [3.63, 3.8) is 0 Å². The van der Waals surface area contributed by atoms with Crippen LogP contribution in [0.3, 0.4) is 0 Å². The van der Waals surface area contributed by atoms with Crippen molar-refractivity contribution < 1.29 is 23.8 Å². The molecule has 2 aromatic heterocycles. The molecule has 3 aromatic rings. The summed E-state index contributed by atoms with van der Waals surface area (Å²) in [6, 6.07) is 8.04. The fourth-order valence-electron chi connectivity index (χ4n) is 3.48. The Bertz CT molecular complexity index is 1170. The minimum absolute atomic E-state index is 0.0166. The summed E-state index contributed by atoms with van der Waals surface area (Å²) >= 11 is 8.44. The van der Waals surface area contributed by atoms with Gasteiger partial charge < -0.3 is 19.5 Å². The summed E-state index contributed by atoms with van der Waals surface area (Å²) in [5, 5.41) is 3.26. The SMILES string of the molecule is CC(=O)O[C@H]1[C@H](n2cnc3c(NCc4cccc(I)c4)nc(Cl)nc32)OC[C@H]1OC(C)=O. The van der Waals surface area contributed by atoms with Gasteiger partial charge in [0, 0.05) is 24.0 Å². The van der Waals surface area contributed by atoms with Crippen molar-refractivity contribution in [2.24, 2.45) is 0 Å². The number of anilines is 1. The van der Waals surface area contributed by atoms with Gasteiger partial charge in [-0.15, -0.1) is 0 Å². The molecule has 10 nitrogen and oxygen atoms in total. The molecule has 1 aliphatic rings. The highest BCUT2D eigenvalue weighted by molar-refractivity contribution is 14.1. The lowest BCUT2D eigenvalue weighted by Gasteiger charge is -2.23. The van der Waals surface area contributed by atoms with E-state index in [0.29, 0.717) is 23.5 Å². The van der Waals surface area contributed by atoms with Crippen LogP contribution in [-0.2, 0) is 30.3 Å². The number of imidazole rings is 1. The summed E-state index contributed by atoms with van der Waals surface area (Å²) in [5.41, 5.74) is 1.93. The number of nitrogens with zero attached hydrogens (tertiary/aromatic N) is 4. The van der Waals surface area contributed by atoms with Crippen LogP contribution in [0.2, 0.25) is 5.28 Å². The standard InChI is InChI=1S/C20H19ClIN5O5/c1-10(28)31-14-8-30-19(16(14)32-11(2)29)27-9-24-15-17(25-20(21)26-18(15)27)23-7-12-4-3-5-13(22)6-12/h3-6,9,14,16,19H,7-8H2,1-2H3,(H,23,25,26)/t14-,16-,19-/m1/s1. The van der Waals surface area contributed by atoms with Crippen LogP contribution in [0.1, 0.15) is 25.6 Å². The van der Waals surface area contributed by atoms with Gasteiger partial charge in [-0.2, -0.15) is 9.97 Å². The first-order chi connectivity index (χ1) is 15.3. The van der Waals surface area contributed by atoms with E-state index in [0.717, 1.165) is 9.13 Å². The lowest BCUT2D eigenvalue weighted by atomic mass is 10.2. The van der Waals surface area contributed by atoms with Gasteiger partial charge in [0.2, 0.25) is 5.28 Å². The van der Waals surface area contributed by atoms with Gasteiger partial charge in [-0.25, -0.2) is 4.98 Å². The number of esters is 2. The molecule has 1 saturated heterocycles. The van der Waals surface area contributed by atoms with Gasteiger partial charge in [-0.3, -0.25) is 14.2 Å². The molecule has 0 bridgehead atoms. The number of carbonyl (C=O) groups excluding carboxylic acids is 2. The van der Waals surface area contributed by atoms with E-state index >= 15 is 0 Å². The van der Waals surface area contributed by atoms with Crippen molar-refractivity contribution in [1.82, 2.24) is 19.5 Å². The molecule has 32 heavy (non-hydrogen) atoms. The van der Waals surface area contributed by atoms with Gasteiger partial charge in [-0.05, 0) is 51.9 Å². The Balaban J connectivity index is 1.65. The van der Waals surface area contributed by atoms with Crippen LogP contribution < -0.4 is 5.32 Å². The molecule has 3 heterocycles. The molecule has 4 rings (SSSR count). The van der Waals surface area contributed by atoms with Gasteiger partial charge in [0.1, 0.15) is 0 Å². The Hall–Kier alpha value is -2.51. The van der Waals surface area contributed by atoms with Crippen LogP contribution in [0.15, 0.2) is 30.6 Å². The molecule has 12 heteroatoms. The third kappa shape index (κ3) is 4.94. The van der Waals surface area contributed by atoms with Gasteiger partial charge in [-0.1, -0.05) is 12.1 Å². The summed E-state index contributed by atoms with van der Waals surface area (Å²) in [6.07, 6.45) is -0.925. The number of aromatic nitrogens is 4. The van der Waals surface area contributed by atoms with Crippen LogP contribution >= 0.6 is 34.2 Å². The largest absolute Gasteiger partial charge is 0.456 e. The highest BCUT2D eigenvalue weighted by Gasteiger charge is 2.44. The number of benzene rings is 1. The minimum Gasteiger partial charge on any atom is -0.456 e. The zero-order valence-corrected chi connectivity index (χ0v) is 20.0. The first kappa shape index (κ1) is 22.7. The number of hydrogen-bond donors (Lipinski definition) is 1. The van der Waals surface area contributed by atoms with Crippen molar-refractivity contribution in [1.29, 1.82) is 0 Å². The number of carbonyl (C=O) groups is 2. The predicted octanol–water partition coefficient (Wildman–Crippen LogP) is 3.09. The Morgan fingerprint density at radius 3 is 2.78 bits per heavy atom. The Kier molecular flexibility index (Phi) is 6.76. The molecule has 0 radical (unpaired) electrons. The van der Waals surface area contributed by atoms with E-state index in [9.17, 15) is 9.59 Å². The fraction of sp³-hybridized carbons (Fsp3) is 0.350. The molecule has 1 N–H and O–H groups in total. The van der Waals surface area contributed by atoms with E-state index in [4.69, 9.17) is 25.8 Å². The highest BCUT2D eigenvalue weighted by Crippen LogP contribution is 2.33. The van der Waals surface area contributed by atoms with Gasteiger partial charge in [0.15, 0.2) is 35.4 Å². The Morgan fingerprint density at radius 2 is 2.06 bits per heavy atom. The number of nitrogens with one attached hydrogen (secondary N) is 1. The number of fused-ring (bicyclic) bond motifs is 1. The van der Waals surface area contributed by atoms with E-state index in [1.165, 1.54) is 20.2 Å². The van der Waals surface area contributed by atoms with Gasteiger partial charge >= 0.3 is 11.9 Å². The molecular formula is C20H19ClIN5O5. The molecular weight excluding hydrogens is 553 g/mol. The molecule has 1 aromatic carbocycles. The zero-order chi connectivity index (χ0) is 22.8. The topological polar surface area (TPSA) is 117 Å². The molecule has 1 aliphatic heterocycles. The average Bonchev–Trinajstić information content (AvgIpc) is 3.29. The van der Waals surface area contributed by atoms with Crippen molar-refractivity contribution >= 4 is 63.1 Å². The summed E-state index contributed by atoms with van der Waals surface area (Å²) in [6.45, 7) is 3.12. The molecule has 1 fully saturated rings. The number of halogens is 2. The Morgan fingerprint density at radius 1 is 1.28 bits per heavy atom. The second kappa shape index (κ2) is 9.55. The third-order valence-electron chi connectivity index (χ3n) is 4.72. The molecule has 0 unspecified atom stereocenters. The van der Waals surface area contributed by atoms with Crippen molar-refractivity contribution in [2.45, 2.75) is 38.8 Å². The number of rotatable bonds is 6. The van der Waals surface area contributed by atoms with Crippen molar-refractivity contribution in [3.8, 4) is 0 Å².